The summed E-state index contributed by atoms with van der Waals surface area (Å²) in [5.74, 6) is -0.378. The highest BCUT2D eigenvalue weighted by molar-refractivity contribution is 6.09. The fourth-order valence-electron chi connectivity index (χ4n) is 3.23. The van der Waals surface area contributed by atoms with Crippen molar-refractivity contribution in [2.75, 3.05) is 5.32 Å². The lowest BCUT2D eigenvalue weighted by atomic mass is 10.1. The maximum Gasteiger partial charge on any atom is 0.416 e. The molecule has 0 radical (unpaired) electrons. The van der Waals surface area contributed by atoms with Gasteiger partial charge in [0.15, 0.2) is 0 Å². The van der Waals surface area contributed by atoms with Crippen molar-refractivity contribution >= 4 is 22.4 Å². The molecule has 4 nitrogen and oxygen atoms in total. The minimum absolute atomic E-state index is 0.238. The predicted octanol–water partition coefficient (Wildman–Crippen LogP) is 5.61. The van der Waals surface area contributed by atoms with Gasteiger partial charge in [-0.05, 0) is 36.6 Å². The molecule has 29 heavy (non-hydrogen) atoms. The highest BCUT2D eigenvalue weighted by Crippen LogP contribution is 2.31. The number of aromatic nitrogens is 2. The number of rotatable bonds is 3. The maximum absolute atomic E-state index is 13.0. The van der Waals surface area contributed by atoms with Crippen LogP contribution in [0.25, 0.3) is 16.5 Å². The van der Waals surface area contributed by atoms with Crippen LogP contribution in [0.15, 0.2) is 72.9 Å². The molecule has 0 aliphatic carbocycles. The summed E-state index contributed by atoms with van der Waals surface area (Å²) in [6, 6.07) is 18.1. The van der Waals surface area contributed by atoms with Crippen molar-refractivity contribution in [3.63, 3.8) is 0 Å². The normalized spacial score (nSPS) is 11.6. The van der Waals surface area contributed by atoms with E-state index in [0.29, 0.717) is 11.4 Å². The predicted molar refractivity (Wildman–Crippen MR) is 105 cm³/mol. The van der Waals surface area contributed by atoms with Crippen LogP contribution in [0.4, 0.5) is 18.9 Å². The molecule has 1 aromatic heterocycles. The van der Waals surface area contributed by atoms with Crippen molar-refractivity contribution in [1.29, 1.82) is 0 Å². The quantitative estimate of drug-likeness (QED) is 0.490. The lowest BCUT2D eigenvalue weighted by Gasteiger charge is -2.11. The van der Waals surface area contributed by atoms with E-state index >= 15 is 0 Å². The Kier molecular flexibility index (Phi) is 4.58. The smallest absolute Gasteiger partial charge is 0.321 e. The molecule has 0 spiro atoms. The molecule has 1 heterocycles. The molecule has 4 rings (SSSR count). The first-order valence-corrected chi connectivity index (χ1v) is 8.86. The van der Waals surface area contributed by atoms with Crippen LogP contribution < -0.4 is 5.32 Å². The number of amides is 1. The molecule has 0 fully saturated rings. The number of alkyl halides is 3. The lowest BCUT2D eigenvalue weighted by molar-refractivity contribution is -0.137. The van der Waals surface area contributed by atoms with Crippen LogP contribution in [0.1, 0.15) is 21.6 Å². The van der Waals surface area contributed by atoms with E-state index in [1.807, 2.05) is 36.4 Å². The summed E-state index contributed by atoms with van der Waals surface area (Å²) in [5.41, 5.74) is 0.852. The number of nitrogens with one attached hydrogen (secondary N) is 1. The summed E-state index contributed by atoms with van der Waals surface area (Å²) in [4.78, 5) is 12.8. The van der Waals surface area contributed by atoms with Crippen molar-refractivity contribution in [1.82, 2.24) is 9.78 Å². The van der Waals surface area contributed by atoms with Gasteiger partial charge in [0.1, 0.15) is 0 Å². The number of hydrogen-bond donors (Lipinski definition) is 1. The summed E-state index contributed by atoms with van der Waals surface area (Å²) in [7, 11) is 0. The Labute approximate surface area is 164 Å². The van der Waals surface area contributed by atoms with Crippen LogP contribution in [0, 0.1) is 6.92 Å². The van der Waals surface area contributed by atoms with Crippen molar-refractivity contribution < 1.29 is 18.0 Å². The van der Waals surface area contributed by atoms with E-state index < -0.39 is 11.7 Å². The maximum atomic E-state index is 13.0. The average Bonchev–Trinajstić information content (AvgIpc) is 3.09. The topological polar surface area (TPSA) is 46.9 Å². The molecule has 0 saturated carbocycles. The number of carbonyl (C=O) groups excluding carboxylic acids is 1. The molecule has 0 aliphatic heterocycles. The Morgan fingerprint density at radius 3 is 2.52 bits per heavy atom. The molecule has 0 aliphatic rings. The van der Waals surface area contributed by atoms with E-state index in [1.165, 1.54) is 23.0 Å². The summed E-state index contributed by atoms with van der Waals surface area (Å²) < 4.78 is 40.3. The molecule has 146 valence electrons. The zero-order valence-corrected chi connectivity index (χ0v) is 15.4. The Morgan fingerprint density at radius 1 is 1.00 bits per heavy atom. The van der Waals surface area contributed by atoms with Gasteiger partial charge in [0, 0.05) is 11.1 Å². The first-order chi connectivity index (χ1) is 13.8. The van der Waals surface area contributed by atoms with Crippen LogP contribution in [0.3, 0.4) is 0 Å². The second kappa shape index (κ2) is 7.09. The van der Waals surface area contributed by atoms with Gasteiger partial charge in [-0.1, -0.05) is 42.5 Å². The van der Waals surface area contributed by atoms with Crippen LogP contribution in [0.5, 0.6) is 0 Å². The number of fused-ring (bicyclic) bond motifs is 1. The molecule has 0 atom stereocenters. The number of anilines is 1. The van der Waals surface area contributed by atoms with Crippen LogP contribution in [0.2, 0.25) is 0 Å². The first kappa shape index (κ1) is 18.7. The van der Waals surface area contributed by atoms with Crippen LogP contribution in [-0.2, 0) is 6.18 Å². The molecule has 0 unspecified atom stereocenters. The molecule has 0 bridgehead atoms. The van der Waals surface area contributed by atoms with E-state index in [-0.39, 0.29) is 17.2 Å². The third-order valence-electron chi connectivity index (χ3n) is 4.71. The number of nitrogens with zero attached hydrogens (tertiary/aromatic N) is 2. The van der Waals surface area contributed by atoms with Crippen molar-refractivity contribution in [3.8, 4) is 5.69 Å². The molecule has 0 saturated heterocycles. The molecule has 1 amide bonds. The third kappa shape index (κ3) is 3.59. The average molecular weight is 395 g/mol. The molecule has 3 aromatic carbocycles. The molecular formula is C22H16F3N3O. The fourth-order valence-corrected chi connectivity index (χ4v) is 3.23. The molecule has 4 aromatic rings. The first-order valence-electron chi connectivity index (χ1n) is 8.86. The van der Waals surface area contributed by atoms with Crippen LogP contribution >= 0.6 is 0 Å². The van der Waals surface area contributed by atoms with E-state index in [4.69, 9.17) is 0 Å². The monoisotopic (exact) mass is 395 g/mol. The van der Waals surface area contributed by atoms with Crippen molar-refractivity contribution in [2.24, 2.45) is 0 Å². The Balaban J connectivity index is 1.66. The SMILES string of the molecule is Cc1c(C(=O)Nc2cccc3ccccc23)cnn1-c1cccc(C(F)(F)F)c1. The largest absolute Gasteiger partial charge is 0.416 e. The highest BCUT2D eigenvalue weighted by Gasteiger charge is 2.30. The van der Waals surface area contributed by atoms with Gasteiger partial charge in [-0.25, -0.2) is 4.68 Å². The zero-order chi connectivity index (χ0) is 20.6. The standard InChI is InChI=1S/C22H16F3N3O/c1-14-19(13-26-28(14)17-9-5-8-16(12-17)22(23,24)25)21(29)27-20-11-4-7-15-6-2-3-10-18(15)20/h2-13H,1H3,(H,27,29). The van der Waals surface area contributed by atoms with Gasteiger partial charge < -0.3 is 5.32 Å². The Morgan fingerprint density at radius 2 is 1.72 bits per heavy atom. The Bertz CT molecular complexity index is 1210. The molecule has 7 heteroatoms. The van der Waals surface area contributed by atoms with E-state index in [9.17, 15) is 18.0 Å². The summed E-state index contributed by atoms with van der Waals surface area (Å²) in [6.45, 7) is 1.64. The van der Waals surface area contributed by atoms with Gasteiger partial charge in [0.2, 0.25) is 0 Å². The number of hydrogen-bond acceptors (Lipinski definition) is 2. The van der Waals surface area contributed by atoms with Crippen LogP contribution in [-0.4, -0.2) is 15.7 Å². The molecule has 1 N–H and O–H groups in total. The van der Waals surface area contributed by atoms with Gasteiger partial charge in [-0.15, -0.1) is 0 Å². The summed E-state index contributed by atoms with van der Waals surface area (Å²) in [6.07, 6.45) is -3.10. The Hall–Kier alpha value is -3.61. The second-order valence-corrected chi connectivity index (χ2v) is 6.58. The third-order valence-corrected chi connectivity index (χ3v) is 4.71. The summed E-state index contributed by atoms with van der Waals surface area (Å²) in [5, 5.41) is 8.88. The lowest BCUT2D eigenvalue weighted by Crippen LogP contribution is -2.13. The minimum Gasteiger partial charge on any atom is -0.321 e. The highest BCUT2D eigenvalue weighted by atomic mass is 19.4. The van der Waals surface area contributed by atoms with Gasteiger partial charge in [-0.2, -0.15) is 18.3 Å². The van der Waals surface area contributed by atoms with E-state index in [1.54, 1.807) is 13.0 Å². The van der Waals surface area contributed by atoms with Gasteiger partial charge in [-0.3, -0.25) is 4.79 Å². The number of halogens is 3. The fraction of sp³-hybridized carbons (Fsp3) is 0.0909. The van der Waals surface area contributed by atoms with E-state index in [0.717, 1.165) is 22.9 Å². The number of carbonyl (C=O) groups is 1. The summed E-state index contributed by atoms with van der Waals surface area (Å²) >= 11 is 0. The zero-order valence-electron chi connectivity index (χ0n) is 15.4. The second-order valence-electron chi connectivity index (χ2n) is 6.58. The molecular weight excluding hydrogens is 379 g/mol. The minimum atomic E-state index is -4.45. The van der Waals surface area contributed by atoms with Gasteiger partial charge >= 0.3 is 6.18 Å². The van der Waals surface area contributed by atoms with Gasteiger partial charge in [0.05, 0.1) is 28.7 Å². The van der Waals surface area contributed by atoms with Crippen molar-refractivity contribution in [3.05, 3.63) is 89.7 Å². The van der Waals surface area contributed by atoms with E-state index in [2.05, 4.69) is 10.4 Å². The van der Waals surface area contributed by atoms with Crippen molar-refractivity contribution in [2.45, 2.75) is 13.1 Å². The number of benzene rings is 3. The van der Waals surface area contributed by atoms with Gasteiger partial charge in [0.25, 0.3) is 5.91 Å².